The van der Waals surface area contributed by atoms with Crippen LogP contribution in [-0.4, -0.2) is 0 Å². The van der Waals surface area contributed by atoms with Crippen LogP contribution in [0.3, 0.4) is 0 Å². The molecule has 2 heteroatoms. The van der Waals surface area contributed by atoms with Gasteiger partial charge in [0, 0.05) is 11.6 Å². The number of ether oxygens (including phenoxy) is 1. The smallest absolute Gasteiger partial charge is 0.136 e. The minimum absolute atomic E-state index is 0.641. The topological polar surface area (TPSA) is 22.4 Å². The second-order valence-electron chi connectivity index (χ2n) is 1.92. The summed E-state index contributed by atoms with van der Waals surface area (Å²) >= 11 is 0. The third kappa shape index (κ3) is 0.633. The molecule has 0 fully saturated rings. The molecule has 1 aliphatic heterocycles. The largest absolute Gasteiger partial charge is 0.496 e. The van der Waals surface area contributed by atoms with Gasteiger partial charge in [0.15, 0.2) is 0 Å². The first-order valence-electron chi connectivity index (χ1n) is 2.81. The summed E-state index contributed by atoms with van der Waals surface area (Å²) in [6.07, 6.45) is 5.13. The molecule has 0 saturated carbocycles. The zero-order valence-electron chi connectivity index (χ0n) is 4.83. The summed E-state index contributed by atoms with van der Waals surface area (Å²) < 4.78 is 10.1. The lowest BCUT2D eigenvalue weighted by Crippen LogP contribution is -1.90. The van der Waals surface area contributed by atoms with E-state index in [4.69, 9.17) is 9.15 Å². The molecular weight excluding hydrogens is 116 g/mol. The SMILES string of the molecule is C1=Cc2occc2CO1. The summed E-state index contributed by atoms with van der Waals surface area (Å²) in [7, 11) is 0. The fourth-order valence-corrected chi connectivity index (χ4v) is 0.861. The van der Waals surface area contributed by atoms with E-state index < -0.39 is 0 Å². The van der Waals surface area contributed by atoms with Crippen molar-refractivity contribution in [1.29, 1.82) is 0 Å². The maximum atomic E-state index is 5.09. The van der Waals surface area contributed by atoms with Crippen molar-refractivity contribution in [3.8, 4) is 0 Å². The summed E-state index contributed by atoms with van der Waals surface area (Å²) in [6.45, 7) is 0.641. The Kier molecular flexibility index (Phi) is 0.859. The van der Waals surface area contributed by atoms with Crippen LogP contribution in [0.15, 0.2) is 23.0 Å². The molecule has 2 nitrogen and oxygen atoms in total. The fourth-order valence-electron chi connectivity index (χ4n) is 0.861. The quantitative estimate of drug-likeness (QED) is 0.523. The van der Waals surface area contributed by atoms with E-state index in [0.717, 1.165) is 11.3 Å². The molecule has 1 aromatic heterocycles. The third-order valence-electron chi connectivity index (χ3n) is 1.34. The average molecular weight is 122 g/mol. The summed E-state index contributed by atoms with van der Waals surface area (Å²) in [4.78, 5) is 0. The Balaban J connectivity index is 2.53. The van der Waals surface area contributed by atoms with Crippen molar-refractivity contribution in [2.45, 2.75) is 6.61 Å². The molecule has 2 heterocycles. The summed E-state index contributed by atoms with van der Waals surface area (Å²) in [6, 6.07) is 1.92. The van der Waals surface area contributed by atoms with E-state index in [0.29, 0.717) is 6.61 Å². The molecular formula is C7H6O2. The van der Waals surface area contributed by atoms with Crippen LogP contribution in [0.1, 0.15) is 11.3 Å². The first-order valence-corrected chi connectivity index (χ1v) is 2.81. The predicted octanol–water partition coefficient (Wildman–Crippen LogP) is 1.78. The maximum Gasteiger partial charge on any atom is 0.136 e. The van der Waals surface area contributed by atoms with E-state index in [9.17, 15) is 0 Å². The van der Waals surface area contributed by atoms with E-state index in [1.165, 1.54) is 0 Å². The number of rotatable bonds is 0. The Morgan fingerprint density at radius 1 is 1.44 bits per heavy atom. The monoisotopic (exact) mass is 122 g/mol. The number of fused-ring (bicyclic) bond motifs is 1. The van der Waals surface area contributed by atoms with Crippen molar-refractivity contribution in [1.82, 2.24) is 0 Å². The fraction of sp³-hybridized carbons (Fsp3) is 0.143. The first kappa shape index (κ1) is 4.68. The molecule has 2 rings (SSSR count). The van der Waals surface area contributed by atoms with Gasteiger partial charge in [-0.1, -0.05) is 0 Å². The Morgan fingerprint density at radius 3 is 3.33 bits per heavy atom. The average Bonchev–Trinajstić information content (AvgIpc) is 2.33. The summed E-state index contributed by atoms with van der Waals surface area (Å²) in [5.74, 6) is 0.918. The molecule has 0 unspecified atom stereocenters. The van der Waals surface area contributed by atoms with Gasteiger partial charge in [0.25, 0.3) is 0 Å². The Bertz CT molecular complexity index is 235. The van der Waals surface area contributed by atoms with Crippen LogP contribution < -0.4 is 0 Å². The van der Waals surface area contributed by atoms with Gasteiger partial charge in [0.2, 0.25) is 0 Å². The predicted molar refractivity (Wildman–Crippen MR) is 32.5 cm³/mol. The molecule has 0 aliphatic carbocycles. The molecule has 0 radical (unpaired) electrons. The van der Waals surface area contributed by atoms with Crippen molar-refractivity contribution in [2.75, 3.05) is 0 Å². The molecule has 0 aromatic carbocycles. The van der Waals surface area contributed by atoms with Gasteiger partial charge < -0.3 is 9.15 Å². The molecule has 9 heavy (non-hydrogen) atoms. The second kappa shape index (κ2) is 1.65. The van der Waals surface area contributed by atoms with Crippen LogP contribution in [0.4, 0.5) is 0 Å². The van der Waals surface area contributed by atoms with Crippen LogP contribution >= 0.6 is 0 Å². The second-order valence-corrected chi connectivity index (χ2v) is 1.92. The van der Waals surface area contributed by atoms with Crippen LogP contribution in [0.5, 0.6) is 0 Å². The summed E-state index contributed by atoms with van der Waals surface area (Å²) in [5, 5.41) is 0. The molecule has 0 amide bonds. The van der Waals surface area contributed by atoms with Crippen molar-refractivity contribution >= 4 is 6.08 Å². The van der Waals surface area contributed by atoms with Crippen molar-refractivity contribution < 1.29 is 9.15 Å². The summed E-state index contributed by atoms with van der Waals surface area (Å²) in [5.41, 5.74) is 1.12. The first-order chi connectivity index (χ1) is 4.47. The van der Waals surface area contributed by atoms with Crippen LogP contribution in [-0.2, 0) is 11.3 Å². The van der Waals surface area contributed by atoms with Gasteiger partial charge in [-0.05, 0) is 6.07 Å². The van der Waals surface area contributed by atoms with Crippen molar-refractivity contribution in [3.63, 3.8) is 0 Å². The highest BCUT2D eigenvalue weighted by molar-refractivity contribution is 5.47. The van der Waals surface area contributed by atoms with Gasteiger partial charge >= 0.3 is 0 Å². The van der Waals surface area contributed by atoms with E-state index in [-0.39, 0.29) is 0 Å². The highest BCUT2D eigenvalue weighted by atomic mass is 16.5. The standard InChI is InChI=1S/C7H6O2/c1-4-9-7-2-3-8-5-6(1)7/h1-4H,5H2. The van der Waals surface area contributed by atoms with Gasteiger partial charge in [0.05, 0.1) is 12.5 Å². The van der Waals surface area contributed by atoms with Crippen molar-refractivity contribution in [3.05, 3.63) is 29.9 Å². The molecule has 0 spiro atoms. The minimum atomic E-state index is 0.641. The lowest BCUT2D eigenvalue weighted by molar-refractivity contribution is 0.232. The van der Waals surface area contributed by atoms with E-state index in [1.807, 2.05) is 12.1 Å². The number of hydrogen-bond acceptors (Lipinski definition) is 2. The van der Waals surface area contributed by atoms with Crippen LogP contribution in [0.25, 0.3) is 6.08 Å². The molecule has 1 aromatic rings. The maximum absolute atomic E-state index is 5.09. The Morgan fingerprint density at radius 2 is 2.44 bits per heavy atom. The highest BCUT2D eigenvalue weighted by Gasteiger charge is 2.05. The highest BCUT2D eigenvalue weighted by Crippen LogP contribution is 2.17. The van der Waals surface area contributed by atoms with E-state index in [1.54, 1.807) is 12.5 Å². The minimum Gasteiger partial charge on any atom is -0.496 e. The van der Waals surface area contributed by atoms with Crippen molar-refractivity contribution in [2.24, 2.45) is 0 Å². The van der Waals surface area contributed by atoms with Gasteiger partial charge in [-0.15, -0.1) is 0 Å². The lowest BCUT2D eigenvalue weighted by atomic mass is 10.2. The van der Waals surface area contributed by atoms with E-state index in [2.05, 4.69) is 0 Å². The molecule has 0 atom stereocenters. The zero-order chi connectivity index (χ0) is 6.10. The van der Waals surface area contributed by atoms with Gasteiger partial charge in [-0.2, -0.15) is 0 Å². The molecule has 0 N–H and O–H groups in total. The van der Waals surface area contributed by atoms with Gasteiger partial charge in [-0.25, -0.2) is 0 Å². The Hall–Kier alpha value is -1.18. The normalized spacial score (nSPS) is 14.7. The molecule has 0 saturated heterocycles. The number of hydrogen-bond donors (Lipinski definition) is 0. The zero-order valence-corrected chi connectivity index (χ0v) is 4.83. The Labute approximate surface area is 52.7 Å². The van der Waals surface area contributed by atoms with Crippen LogP contribution in [0, 0.1) is 0 Å². The molecule has 0 bridgehead atoms. The van der Waals surface area contributed by atoms with E-state index >= 15 is 0 Å². The lowest BCUT2D eigenvalue weighted by Gasteiger charge is -2.03. The molecule has 1 aliphatic rings. The van der Waals surface area contributed by atoms with Gasteiger partial charge in [0.1, 0.15) is 12.4 Å². The van der Waals surface area contributed by atoms with Gasteiger partial charge in [-0.3, -0.25) is 0 Å². The van der Waals surface area contributed by atoms with Crippen LogP contribution in [0.2, 0.25) is 0 Å². The molecule has 46 valence electrons. The number of furan rings is 1. The third-order valence-corrected chi connectivity index (χ3v) is 1.34.